The van der Waals surface area contributed by atoms with Crippen molar-refractivity contribution in [1.82, 2.24) is 15.0 Å². The van der Waals surface area contributed by atoms with Crippen LogP contribution in [0.15, 0.2) is 185 Å². The molecule has 11 aromatic rings. The first-order chi connectivity index (χ1) is 26.7. The molecule has 0 unspecified atom stereocenters. The van der Waals surface area contributed by atoms with Crippen LogP contribution in [0.1, 0.15) is 0 Å². The standard InChI is InChI=1S/C49H29N3O2/c1-2-11-30(12-3-1)32-23-26-33(27-24-32)47-50-48(35-28-25-31-13-4-5-14-34(31)29-35)52-49(51-47)41-20-10-22-43-44(41)40-19-9-18-39(46(40)54-43)38-17-8-16-37-36-15-6-7-21-42(36)53-45(37)38/h1-29H. The van der Waals surface area contributed by atoms with Gasteiger partial charge < -0.3 is 8.83 Å². The second kappa shape index (κ2) is 12.1. The van der Waals surface area contributed by atoms with E-state index < -0.39 is 0 Å². The molecule has 0 aliphatic carbocycles. The number of hydrogen-bond donors (Lipinski definition) is 0. The molecule has 0 saturated heterocycles. The molecule has 8 aromatic carbocycles. The largest absolute Gasteiger partial charge is 0.455 e. The van der Waals surface area contributed by atoms with Gasteiger partial charge in [-0.1, -0.05) is 158 Å². The highest BCUT2D eigenvalue weighted by Gasteiger charge is 2.21. The first kappa shape index (κ1) is 30.3. The summed E-state index contributed by atoms with van der Waals surface area (Å²) in [5.74, 6) is 1.79. The Bertz CT molecular complexity index is 3210. The molecule has 0 radical (unpaired) electrons. The summed E-state index contributed by atoms with van der Waals surface area (Å²) in [6.07, 6.45) is 0. The molecule has 5 heteroatoms. The van der Waals surface area contributed by atoms with E-state index in [9.17, 15) is 0 Å². The predicted molar refractivity (Wildman–Crippen MR) is 219 cm³/mol. The quantitative estimate of drug-likeness (QED) is 0.180. The highest BCUT2D eigenvalue weighted by molar-refractivity contribution is 6.17. The lowest BCUT2D eigenvalue weighted by molar-refractivity contribution is 0.665. The summed E-state index contributed by atoms with van der Waals surface area (Å²) in [6.45, 7) is 0. The van der Waals surface area contributed by atoms with Crippen LogP contribution in [-0.2, 0) is 0 Å². The SMILES string of the molecule is c1ccc(-c2ccc(-c3nc(-c4ccc5ccccc5c4)nc(-c4cccc5oc6c(-c7cccc8c7oc7ccccc78)cccc6c45)n3)cc2)cc1. The highest BCUT2D eigenvalue weighted by Crippen LogP contribution is 2.43. The van der Waals surface area contributed by atoms with Crippen LogP contribution in [0.5, 0.6) is 0 Å². The number of benzene rings is 8. The second-order valence-electron chi connectivity index (χ2n) is 13.6. The van der Waals surface area contributed by atoms with Crippen molar-refractivity contribution in [1.29, 1.82) is 0 Å². The van der Waals surface area contributed by atoms with Crippen LogP contribution in [0.3, 0.4) is 0 Å². The minimum absolute atomic E-state index is 0.577. The van der Waals surface area contributed by atoms with Crippen LogP contribution in [0, 0.1) is 0 Å². The van der Waals surface area contributed by atoms with Crippen LogP contribution < -0.4 is 0 Å². The number of rotatable bonds is 5. The van der Waals surface area contributed by atoms with E-state index in [2.05, 4.69) is 140 Å². The normalized spacial score (nSPS) is 11.7. The molecular weight excluding hydrogens is 663 g/mol. The molecule has 0 aliphatic heterocycles. The van der Waals surface area contributed by atoms with Crippen LogP contribution in [0.2, 0.25) is 0 Å². The van der Waals surface area contributed by atoms with Crippen molar-refractivity contribution in [3.05, 3.63) is 176 Å². The lowest BCUT2D eigenvalue weighted by atomic mass is 9.98. The first-order valence-corrected chi connectivity index (χ1v) is 18.0. The molecule has 0 N–H and O–H groups in total. The van der Waals surface area contributed by atoms with Crippen molar-refractivity contribution in [3.63, 3.8) is 0 Å². The van der Waals surface area contributed by atoms with Crippen molar-refractivity contribution in [2.45, 2.75) is 0 Å². The number of furan rings is 2. The van der Waals surface area contributed by atoms with Crippen molar-refractivity contribution in [2.24, 2.45) is 0 Å². The van der Waals surface area contributed by atoms with Crippen molar-refractivity contribution in [3.8, 4) is 56.4 Å². The maximum absolute atomic E-state index is 6.74. The van der Waals surface area contributed by atoms with Gasteiger partial charge in [-0.25, -0.2) is 15.0 Å². The monoisotopic (exact) mass is 691 g/mol. The minimum atomic E-state index is 0.577. The van der Waals surface area contributed by atoms with E-state index in [1.807, 2.05) is 36.4 Å². The molecule has 3 aromatic heterocycles. The molecule has 252 valence electrons. The van der Waals surface area contributed by atoms with Crippen molar-refractivity contribution in [2.75, 3.05) is 0 Å². The summed E-state index contributed by atoms with van der Waals surface area (Å²) in [5, 5.41) is 6.39. The van der Waals surface area contributed by atoms with Gasteiger partial charge >= 0.3 is 0 Å². The molecule has 0 spiro atoms. The Kier molecular flexibility index (Phi) is 6.79. The van der Waals surface area contributed by atoms with E-state index in [1.165, 1.54) is 0 Å². The number of nitrogens with zero attached hydrogens (tertiary/aromatic N) is 3. The van der Waals surface area contributed by atoms with Gasteiger partial charge in [-0.3, -0.25) is 0 Å². The third kappa shape index (κ3) is 4.90. The lowest BCUT2D eigenvalue weighted by Crippen LogP contribution is -2.00. The fraction of sp³-hybridized carbons (Fsp3) is 0. The van der Waals surface area contributed by atoms with E-state index in [4.69, 9.17) is 23.8 Å². The molecule has 0 fully saturated rings. The van der Waals surface area contributed by atoms with E-state index in [0.717, 1.165) is 93.6 Å². The van der Waals surface area contributed by atoms with Crippen molar-refractivity contribution >= 4 is 54.6 Å². The molecular formula is C49H29N3O2. The van der Waals surface area contributed by atoms with Gasteiger partial charge in [-0.2, -0.15) is 0 Å². The van der Waals surface area contributed by atoms with Crippen LogP contribution in [-0.4, -0.2) is 15.0 Å². The third-order valence-electron chi connectivity index (χ3n) is 10.4. The maximum Gasteiger partial charge on any atom is 0.164 e. The number of hydrogen-bond acceptors (Lipinski definition) is 5. The van der Waals surface area contributed by atoms with E-state index in [1.54, 1.807) is 0 Å². The predicted octanol–water partition coefficient (Wildman–Crippen LogP) is 13.2. The summed E-state index contributed by atoms with van der Waals surface area (Å²) in [5.41, 5.74) is 10.2. The topological polar surface area (TPSA) is 65.0 Å². The van der Waals surface area contributed by atoms with Crippen LogP contribution >= 0.6 is 0 Å². The Hall–Kier alpha value is -7.37. The zero-order chi connectivity index (χ0) is 35.6. The fourth-order valence-corrected chi connectivity index (χ4v) is 7.73. The van der Waals surface area contributed by atoms with E-state index >= 15 is 0 Å². The van der Waals surface area contributed by atoms with Gasteiger partial charge in [0.15, 0.2) is 17.5 Å². The second-order valence-corrected chi connectivity index (χ2v) is 13.6. The van der Waals surface area contributed by atoms with Gasteiger partial charge in [0.25, 0.3) is 0 Å². The molecule has 5 nitrogen and oxygen atoms in total. The minimum Gasteiger partial charge on any atom is -0.455 e. The molecule has 0 aliphatic rings. The van der Waals surface area contributed by atoms with Crippen molar-refractivity contribution < 1.29 is 8.83 Å². The zero-order valence-corrected chi connectivity index (χ0v) is 28.9. The van der Waals surface area contributed by atoms with Crippen LogP contribution in [0.25, 0.3) is 111 Å². The van der Waals surface area contributed by atoms with E-state index in [-0.39, 0.29) is 0 Å². The first-order valence-electron chi connectivity index (χ1n) is 18.0. The smallest absolute Gasteiger partial charge is 0.164 e. The Morgan fingerprint density at radius 3 is 1.69 bits per heavy atom. The average molecular weight is 692 g/mol. The third-order valence-corrected chi connectivity index (χ3v) is 10.4. The van der Waals surface area contributed by atoms with Crippen LogP contribution in [0.4, 0.5) is 0 Å². The summed E-state index contributed by atoms with van der Waals surface area (Å²) < 4.78 is 13.2. The van der Waals surface area contributed by atoms with E-state index in [0.29, 0.717) is 17.5 Å². The number of fused-ring (bicyclic) bond motifs is 7. The molecule has 0 atom stereocenters. The zero-order valence-electron chi connectivity index (χ0n) is 28.9. The Morgan fingerprint density at radius 2 is 0.852 bits per heavy atom. The van der Waals surface area contributed by atoms with Gasteiger partial charge in [0.2, 0.25) is 0 Å². The molecule has 0 amide bonds. The Morgan fingerprint density at radius 1 is 0.315 bits per heavy atom. The maximum atomic E-state index is 6.74. The summed E-state index contributed by atoms with van der Waals surface area (Å²) in [6, 6.07) is 60.4. The van der Waals surface area contributed by atoms with Gasteiger partial charge in [0.05, 0.1) is 0 Å². The number of aromatic nitrogens is 3. The van der Waals surface area contributed by atoms with Gasteiger partial charge in [-0.15, -0.1) is 0 Å². The molecule has 0 bridgehead atoms. The summed E-state index contributed by atoms with van der Waals surface area (Å²) >= 11 is 0. The average Bonchev–Trinajstić information content (AvgIpc) is 3.83. The molecule has 3 heterocycles. The summed E-state index contributed by atoms with van der Waals surface area (Å²) in [4.78, 5) is 15.4. The molecule has 0 saturated carbocycles. The van der Waals surface area contributed by atoms with Gasteiger partial charge in [-0.05, 0) is 40.1 Å². The van der Waals surface area contributed by atoms with Gasteiger partial charge in [0, 0.05) is 49.4 Å². The lowest BCUT2D eigenvalue weighted by Gasteiger charge is -2.10. The highest BCUT2D eigenvalue weighted by atomic mass is 16.3. The summed E-state index contributed by atoms with van der Waals surface area (Å²) in [7, 11) is 0. The Balaban J connectivity index is 1.11. The molecule has 11 rings (SSSR count). The number of para-hydroxylation sites is 3. The molecule has 54 heavy (non-hydrogen) atoms. The fourth-order valence-electron chi connectivity index (χ4n) is 7.73. The Labute approximate surface area is 309 Å². The van der Waals surface area contributed by atoms with Gasteiger partial charge in [0.1, 0.15) is 22.3 Å².